The lowest BCUT2D eigenvalue weighted by Gasteiger charge is -2.22. The third kappa shape index (κ3) is 4.79. The molecule has 3 aromatic rings. The fourth-order valence-corrected chi connectivity index (χ4v) is 4.35. The van der Waals surface area contributed by atoms with E-state index in [1.807, 2.05) is 12.1 Å². The van der Waals surface area contributed by atoms with Crippen molar-refractivity contribution in [3.63, 3.8) is 0 Å². The number of carboxylic acid groups (broad SMARTS) is 2. The minimum atomic E-state index is -4.26. The van der Waals surface area contributed by atoms with Crippen LogP contribution in [0.4, 0.5) is 0 Å². The number of nitrogens with one attached hydrogen (secondary N) is 1. The molecule has 7 nitrogen and oxygen atoms in total. The second-order valence-electron chi connectivity index (χ2n) is 6.58. The maximum Gasteiger partial charge on any atom is 0.322 e. The predicted molar refractivity (Wildman–Crippen MR) is 107 cm³/mol. The Morgan fingerprint density at radius 3 is 2.07 bits per heavy atom. The summed E-state index contributed by atoms with van der Waals surface area (Å²) in [4.78, 5) is 23.4. The molecule has 0 bridgehead atoms. The van der Waals surface area contributed by atoms with E-state index in [-0.39, 0.29) is 11.3 Å². The molecule has 29 heavy (non-hydrogen) atoms. The standard InChI is InChI=1S/C21H19NO6S/c23-20(24)18(12-14-6-2-1-3-7-14)19(21(25)26)22-29(27,28)17-11-10-15-8-4-5-9-16(15)13-17/h1-11,13,18-19,22H,12H2,(H,23,24)(H,25,26)/t18?,19-/m0/s1. The van der Waals surface area contributed by atoms with E-state index >= 15 is 0 Å². The summed E-state index contributed by atoms with van der Waals surface area (Å²) in [6.07, 6.45) is -0.132. The van der Waals surface area contributed by atoms with Crippen LogP contribution in [0.15, 0.2) is 77.7 Å². The maximum absolute atomic E-state index is 12.8. The third-order valence-electron chi connectivity index (χ3n) is 4.60. The lowest BCUT2D eigenvalue weighted by molar-refractivity contribution is -0.150. The zero-order valence-electron chi connectivity index (χ0n) is 15.2. The van der Waals surface area contributed by atoms with Crippen LogP contribution >= 0.6 is 0 Å². The largest absolute Gasteiger partial charge is 0.481 e. The number of carbonyl (C=O) groups is 2. The molecular formula is C21H19NO6S. The first-order valence-corrected chi connectivity index (χ1v) is 10.3. The van der Waals surface area contributed by atoms with Gasteiger partial charge in [0.15, 0.2) is 0 Å². The number of hydrogen-bond acceptors (Lipinski definition) is 4. The van der Waals surface area contributed by atoms with Crippen molar-refractivity contribution in [1.82, 2.24) is 4.72 Å². The van der Waals surface area contributed by atoms with E-state index in [4.69, 9.17) is 0 Å². The van der Waals surface area contributed by atoms with E-state index in [9.17, 15) is 28.2 Å². The zero-order valence-corrected chi connectivity index (χ0v) is 16.0. The highest BCUT2D eigenvalue weighted by Gasteiger charge is 2.37. The van der Waals surface area contributed by atoms with Crippen LogP contribution < -0.4 is 4.72 Å². The summed E-state index contributed by atoms with van der Waals surface area (Å²) in [5.41, 5.74) is 0.594. The molecule has 0 heterocycles. The molecule has 0 fully saturated rings. The summed E-state index contributed by atoms with van der Waals surface area (Å²) in [5.74, 6) is -4.44. The van der Waals surface area contributed by atoms with Gasteiger partial charge >= 0.3 is 11.9 Å². The maximum atomic E-state index is 12.8. The molecule has 0 radical (unpaired) electrons. The topological polar surface area (TPSA) is 121 Å². The SMILES string of the molecule is O=C(O)C(Cc1ccccc1)[C@H](NS(=O)(=O)c1ccc2ccccc2c1)C(=O)O. The lowest BCUT2D eigenvalue weighted by Crippen LogP contribution is -2.49. The molecule has 0 saturated carbocycles. The number of fused-ring (bicyclic) bond motifs is 1. The Morgan fingerprint density at radius 1 is 0.828 bits per heavy atom. The zero-order chi connectivity index (χ0) is 21.0. The van der Waals surface area contributed by atoms with Crippen molar-refractivity contribution in [2.75, 3.05) is 0 Å². The number of aliphatic carboxylic acids is 2. The van der Waals surface area contributed by atoms with Crippen LogP contribution in [0.3, 0.4) is 0 Å². The second kappa shape index (κ2) is 8.42. The molecule has 1 unspecified atom stereocenters. The van der Waals surface area contributed by atoms with Crippen molar-refractivity contribution in [3.05, 3.63) is 78.4 Å². The number of benzene rings is 3. The summed E-state index contributed by atoms with van der Waals surface area (Å²) in [5, 5.41) is 20.6. The van der Waals surface area contributed by atoms with Gasteiger partial charge < -0.3 is 10.2 Å². The summed E-state index contributed by atoms with van der Waals surface area (Å²) in [6.45, 7) is 0. The van der Waals surface area contributed by atoms with Crippen LogP contribution in [0.2, 0.25) is 0 Å². The van der Waals surface area contributed by atoms with E-state index in [1.54, 1.807) is 48.5 Å². The summed E-state index contributed by atoms with van der Waals surface area (Å²) in [6, 6.07) is 18.1. The van der Waals surface area contributed by atoms with Gasteiger partial charge in [-0.3, -0.25) is 9.59 Å². The molecule has 0 aliphatic rings. The highest BCUT2D eigenvalue weighted by molar-refractivity contribution is 7.89. The average Bonchev–Trinajstić information content (AvgIpc) is 2.70. The first-order chi connectivity index (χ1) is 13.8. The summed E-state index contributed by atoms with van der Waals surface area (Å²) >= 11 is 0. The van der Waals surface area contributed by atoms with Gasteiger partial charge in [-0.25, -0.2) is 8.42 Å². The van der Waals surface area contributed by atoms with Crippen molar-refractivity contribution in [2.45, 2.75) is 17.4 Å². The van der Waals surface area contributed by atoms with Gasteiger partial charge in [-0.1, -0.05) is 60.7 Å². The van der Waals surface area contributed by atoms with E-state index < -0.39 is 33.9 Å². The van der Waals surface area contributed by atoms with Crippen LogP contribution in [-0.4, -0.2) is 36.6 Å². The first-order valence-electron chi connectivity index (χ1n) is 8.78. The van der Waals surface area contributed by atoms with Gasteiger partial charge in [0.05, 0.1) is 10.8 Å². The highest BCUT2D eigenvalue weighted by Crippen LogP contribution is 2.21. The minimum Gasteiger partial charge on any atom is -0.481 e. The molecule has 3 N–H and O–H groups in total. The van der Waals surface area contributed by atoms with Gasteiger partial charge in [-0.15, -0.1) is 0 Å². The van der Waals surface area contributed by atoms with Gasteiger partial charge in [-0.2, -0.15) is 4.72 Å². The van der Waals surface area contributed by atoms with E-state index in [1.165, 1.54) is 12.1 Å². The Balaban J connectivity index is 1.92. The molecule has 0 aliphatic carbocycles. The monoisotopic (exact) mass is 413 g/mol. The number of carboxylic acids is 2. The minimum absolute atomic E-state index is 0.132. The van der Waals surface area contributed by atoms with Gasteiger partial charge in [0.1, 0.15) is 6.04 Å². The number of hydrogen-bond donors (Lipinski definition) is 3. The first kappa shape index (κ1) is 20.5. The Morgan fingerprint density at radius 2 is 1.45 bits per heavy atom. The van der Waals surface area contributed by atoms with Crippen molar-refractivity contribution < 1.29 is 28.2 Å². The molecule has 150 valence electrons. The van der Waals surface area contributed by atoms with E-state index in [0.717, 1.165) is 5.39 Å². The van der Waals surface area contributed by atoms with Crippen LogP contribution in [0.25, 0.3) is 10.8 Å². The van der Waals surface area contributed by atoms with Gasteiger partial charge in [0.25, 0.3) is 0 Å². The molecule has 3 aromatic carbocycles. The number of rotatable bonds is 8. The molecule has 0 amide bonds. The Hall–Kier alpha value is -3.23. The second-order valence-corrected chi connectivity index (χ2v) is 8.29. The summed E-state index contributed by atoms with van der Waals surface area (Å²) in [7, 11) is -4.26. The van der Waals surface area contributed by atoms with Crippen LogP contribution in [-0.2, 0) is 26.0 Å². The van der Waals surface area contributed by atoms with Crippen molar-refractivity contribution in [3.8, 4) is 0 Å². The molecule has 8 heteroatoms. The average molecular weight is 413 g/mol. The van der Waals surface area contributed by atoms with E-state index in [2.05, 4.69) is 4.72 Å². The molecule has 0 aliphatic heterocycles. The Labute approximate surface area is 167 Å². The van der Waals surface area contributed by atoms with Crippen LogP contribution in [0.5, 0.6) is 0 Å². The van der Waals surface area contributed by atoms with Crippen molar-refractivity contribution >= 4 is 32.7 Å². The molecular weight excluding hydrogens is 394 g/mol. The Kier molecular flexibility index (Phi) is 5.95. The third-order valence-corrected chi connectivity index (χ3v) is 6.04. The van der Waals surface area contributed by atoms with Gasteiger partial charge in [0, 0.05) is 0 Å². The molecule has 2 atom stereocenters. The quantitative estimate of drug-likeness (QED) is 0.522. The predicted octanol–water partition coefficient (Wildman–Crippen LogP) is 2.51. The number of sulfonamides is 1. The van der Waals surface area contributed by atoms with Crippen LogP contribution in [0, 0.1) is 5.92 Å². The van der Waals surface area contributed by atoms with Crippen molar-refractivity contribution in [1.29, 1.82) is 0 Å². The highest BCUT2D eigenvalue weighted by atomic mass is 32.2. The molecule has 0 aromatic heterocycles. The molecule has 0 saturated heterocycles. The van der Waals surface area contributed by atoms with Crippen LogP contribution in [0.1, 0.15) is 5.56 Å². The molecule has 0 spiro atoms. The smallest absolute Gasteiger partial charge is 0.322 e. The van der Waals surface area contributed by atoms with Gasteiger partial charge in [-0.05, 0) is 34.9 Å². The van der Waals surface area contributed by atoms with Crippen molar-refractivity contribution in [2.24, 2.45) is 5.92 Å². The Bertz CT molecular complexity index is 1140. The van der Waals surface area contributed by atoms with Gasteiger partial charge in [0.2, 0.25) is 10.0 Å². The normalized spacial score (nSPS) is 13.7. The fraction of sp³-hybridized carbons (Fsp3) is 0.143. The fourth-order valence-electron chi connectivity index (χ4n) is 3.09. The lowest BCUT2D eigenvalue weighted by atomic mass is 9.93. The van der Waals surface area contributed by atoms with E-state index in [0.29, 0.717) is 10.9 Å². The summed E-state index contributed by atoms with van der Waals surface area (Å²) < 4.78 is 27.7. The molecule has 3 rings (SSSR count).